The smallest absolute Gasteiger partial charge is 0.160 e. The maximum absolute atomic E-state index is 6.00. The third-order valence-corrected chi connectivity index (χ3v) is 5.19. The lowest BCUT2D eigenvalue weighted by Crippen LogP contribution is -2.37. The van der Waals surface area contributed by atoms with Crippen molar-refractivity contribution >= 4 is 11.3 Å². The normalized spacial score (nSPS) is 16.8. The first-order chi connectivity index (χ1) is 13.6. The Morgan fingerprint density at radius 3 is 1.93 bits per heavy atom. The predicted molar refractivity (Wildman–Crippen MR) is 115 cm³/mol. The molecular weight excluding hydrogens is 350 g/mol. The predicted octanol–water partition coefficient (Wildman–Crippen LogP) is 5.65. The first-order valence-electron chi connectivity index (χ1n) is 9.64. The van der Waals surface area contributed by atoms with Crippen molar-refractivity contribution in [3.05, 3.63) is 71.4 Å². The Hall–Kier alpha value is -2.72. The zero-order chi connectivity index (χ0) is 20.1. The van der Waals surface area contributed by atoms with Gasteiger partial charge in [0.15, 0.2) is 6.23 Å². The number of allylic oxidation sites excluding steroid dienone is 2. The fourth-order valence-corrected chi connectivity index (χ4v) is 3.68. The lowest BCUT2D eigenvalue weighted by atomic mass is 9.89. The number of hydrogen-bond donors (Lipinski definition) is 0. The molecule has 0 aromatic heterocycles. The van der Waals surface area contributed by atoms with Gasteiger partial charge in [-0.1, -0.05) is 25.5 Å². The van der Waals surface area contributed by atoms with Gasteiger partial charge in [0.1, 0.15) is 11.5 Å². The van der Waals surface area contributed by atoms with Gasteiger partial charge in [-0.05, 0) is 66.5 Å². The first kappa shape index (κ1) is 20.0. The van der Waals surface area contributed by atoms with Crippen molar-refractivity contribution in [1.29, 1.82) is 0 Å². The van der Waals surface area contributed by atoms with Crippen molar-refractivity contribution in [2.24, 2.45) is 0 Å². The average Bonchev–Trinajstić information content (AvgIpc) is 2.75. The van der Waals surface area contributed by atoms with Crippen molar-refractivity contribution in [3.63, 3.8) is 0 Å². The van der Waals surface area contributed by atoms with E-state index in [4.69, 9.17) is 14.2 Å². The van der Waals surface area contributed by atoms with Gasteiger partial charge in [-0.25, -0.2) is 0 Å². The molecule has 0 amide bonds. The molecular formula is C24H29NO3. The Labute approximate surface area is 168 Å². The molecule has 1 atom stereocenters. The molecule has 0 saturated heterocycles. The minimum atomic E-state index is -0.206. The Bertz CT molecular complexity index is 850. The highest BCUT2D eigenvalue weighted by Gasteiger charge is 2.29. The highest BCUT2D eigenvalue weighted by molar-refractivity contribution is 5.80. The van der Waals surface area contributed by atoms with E-state index in [1.165, 1.54) is 16.7 Å². The van der Waals surface area contributed by atoms with Gasteiger partial charge in [-0.3, -0.25) is 0 Å². The van der Waals surface area contributed by atoms with Crippen molar-refractivity contribution in [2.45, 2.75) is 32.9 Å². The SMILES string of the molecule is CCCC1=CN(c2ccc(OC)cc2)C(OC)C(c2ccc(OC)cc2)=C1C. The average molecular weight is 380 g/mol. The van der Waals surface area contributed by atoms with Crippen LogP contribution in [0, 0.1) is 0 Å². The van der Waals surface area contributed by atoms with Crippen LogP contribution in [0.4, 0.5) is 5.69 Å². The quantitative estimate of drug-likeness (QED) is 0.622. The van der Waals surface area contributed by atoms with Crippen LogP contribution in [-0.2, 0) is 4.74 Å². The van der Waals surface area contributed by atoms with Crippen LogP contribution in [-0.4, -0.2) is 27.6 Å². The van der Waals surface area contributed by atoms with Crippen molar-refractivity contribution < 1.29 is 14.2 Å². The summed E-state index contributed by atoms with van der Waals surface area (Å²) in [5.74, 6) is 1.69. The van der Waals surface area contributed by atoms with E-state index in [0.717, 1.165) is 35.6 Å². The largest absolute Gasteiger partial charge is 0.497 e. The fourth-order valence-electron chi connectivity index (χ4n) is 3.68. The van der Waals surface area contributed by atoms with E-state index in [9.17, 15) is 0 Å². The Morgan fingerprint density at radius 2 is 1.43 bits per heavy atom. The van der Waals surface area contributed by atoms with Crippen LogP contribution in [0.5, 0.6) is 11.5 Å². The molecule has 0 bridgehead atoms. The van der Waals surface area contributed by atoms with E-state index >= 15 is 0 Å². The number of rotatable bonds is 7. The van der Waals surface area contributed by atoms with Gasteiger partial charge in [-0.2, -0.15) is 0 Å². The zero-order valence-electron chi connectivity index (χ0n) is 17.4. The first-order valence-corrected chi connectivity index (χ1v) is 9.64. The summed E-state index contributed by atoms with van der Waals surface area (Å²) in [6.07, 6.45) is 4.13. The van der Waals surface area contributed by atoms with Gasteiger partial charge in [0, 0.05) is 24.6 Å². The van der Waals surface area contributed by atoms with Gasteiger partial charge >= 0.3 is 0 Å². The van der Waals surface area contributed by atoms with E-state index in [0.29, 0.717) is 0 Å². The molecule has 0 radical (unpaired) electrons. The molecule has 0 aliphatic carbocycles. The van der Waals surface area contributed by atoms with Crippen LogP contribution in [0.25, 0.3) is 5.57 Å². The van der Waals surface area contributed by atoms with E-state index in [1.54, 1.807) is 21.3 Å². The summed E-state index contributed by atoms with van der Waals surface area (Å²) in [5.41, 5.74) is 6.01. The van der Waals surface area contributed by atoms with Gasteiger partial charge < -0.3 is 19.1 Å². The van der Waals surface area contributed by atoms with Gasteiger partial charge in [0.25, 0.3) is 0 Å². The topological polar surface area (TPSA) is 30.9 Å². The minimum Gasteiger partial charge on any atom is -0.497 e. The number of benzene rings is 2. The minimum absolute atomic E-state index is 0.206. The van der Waals surface area contributed by atoms with Crippen LogP contribution < -0.4 is 14.4 Å². The van der Waals surface area contributed by atoms with Gasteiger partial charge in [-0.15, -0.1) is 0 Å². The molecule has 1 aliphatic rings. The number of methoxy groups -OCH3 is 3. The molecule has 1 aliphatic heterocycles. The molecule has 28 heavy (non-hydrogen) atoms. The molecule has 4 heteroatoms. The van der Waals surface area contributed by atoms with Crippen LogP contribution in [0.3, 0.4) is 0 Å². The van der Waals surface area contributed by atoms with E-state index < -0.39 is 0 Å². The summed E-state index contributed by atoms with van der Waals surface area (Å²) in [4.78, 5) is 2.21. The summed E-state index contributed by atoms with van der Waals surface area (Å²) in [6.45, 7) is 4.40. The van der Waals surface area contributed by atoms with Gasteiger partial charge in [0.2, 0.25) is 0 Å². The molecule has 2 aromatic carbocycles. The standard InChI is InChI=1S/C24H29NO3/c1-6-7-19-16-25(20-10-14-22(27-4)15-11-20)24(28-5)23(17(19)2)18-8-12-21(26-3)13-9-18/h8-16,24H,6-7H2,1-5H3. The number of nitrogens with zero attached hydrogens (tertiary/aromatic N) is 1. The maximum Gasteiger partial charge on any atom is 0.160 e. The molecule has 2 aromatic rings. The molecule has 0 saturated carbocycles. The molecule has 0 fully saturated rings. The van der Waals surface area contributed by atoms with E-state index in [-0.39, 0.29) is 6.23 Å². The van der Waals surface area contributed by atoms with E-state index in [2.05, 4.69) is 49.2 Å². The van der Waals surface area contributed by atoms with Crippen LogP contribution in [0.2, 0.25) is 0 Å². The second kappa shape index (κ2) is 8.98. The molecule has 0 N–H and O–H groups in total. The molecule has 3 rings (SSSR count). The highest BCUT2D eigenvalue weighted by Crippen LogP contribution is 2.39. The van der Waals surface area contributed by atoms with Crippen molar-refractivity contribution in [1.82, 2.24) is 0 Å². The zero-order valence-corrected chi connectivity index (χ0v) is 17.4. The third kappa shape index (κ3) is 3.92. The molecule has 0 spiro atoms. The monoisotopic (exact) mass is 379 g/mol. The Morgan fingerprint density at radius 1 is 0.857 bits per heavy atom. The fraction of sp³-hybridized carbons (Fsp3) is 0.333. The molecule has 4 nitrogen and oxygen atoms in total. The summed E-state index contributed by atoms with van der Waals surface area (Å²) in [6, 6.07) is 16.3. The third-order valence-electron chi connectivity index (χ3n) is 5.19. The number of anilines is 1. The Kier molecular flexibility index (Phi) is 6.42. The number of hydrogen-bond acceptors (Lipinski definition) is 4. The summed E-state index contributed by atoms with van der Waals surface area (Å²) in [5, 5.41) is 0. The van der Waals surface area contributed by atoms with Crippen LogP contribution >= 0.6 is 0 Å². The van der Waals surface area contributed by atoms with Crippen LogP contribution in [0.15, 0.2) is 65.9 Å². The lowest BCUT2D eigenvalue weighted by molar-refractivity contribution is 0.150. The highest BCUT2D eigenvalue weighted by atomic mass is 16.5. The maximum atomic E-state index is 6.00. The number of ether oxygens (including phenoxy) is 3. The van der Waals surface area contributed by atoms with Crippen molar-refractivity contribution in [3.8, 4) is 11.5 Å². The second-order valence-corrected chi connectivity index (χ2v) is 6.86. The molecule has 148 valence electrons. The molecule has 1 heterocycles. The lowest BCUT2D eigenvalue weighted by Gasteiger charge is -2.37. The summed E-state index contributed by atoms with van der Waals surface area (Å²) >= 11 is 0. The summed E-state index contributed by atoms with van der Waals surface area (Å²) < 4.78 is 16.6. The van der Waals surface area contributed by atoms with E-state index in [1.807, 2.05) is 24.3 Å². The molecule has 1 unspecified atom stereocenters. The van der Waals surface area contributed by atoms with Crippen molar-refractivity contribution in [2.75, 3.05) is 26.2 Å². The summed E-state index contributed by atoms with van der Waals surface area (Å²) in [7, 11) is 5.13. The van der Waals surface area contributed by atoms with Gasteiger partial charge in [0.05, 0.1) is 14.2 Å². The Balaban J connectivity index is 2.08. The van der Waals surface area contributed by atoms with Crippen LogP contribution in [0.1, 0.15) is 32.3 Å². The second-order valence-electron chi connectivity index (χ2n) is 6.86.